The Balaban J connectivity index is 1.57. The van der Waals surface area contributed by atoms with Gasteiger partial charge in [0, 0.05) is 17.1 Å². The van der Waals surface area contributed by atoms with Crippen LogP contribution in [0.25, 0.3) is 16.8 Å². The third kappa shape index (κ3) is 3.41. The zero-order valence-electron chi connectivity index (χ0n) is 14.7. The summed E-state index contributed by atoms with van der Waals surface area (Å²) in [5.74, 6) is 1.20. The van der Waals surface area contributed by atoms with E-state index in [1.807, 2.05) is 47.8 Å². The lowest BCUT2D eigenvalue weighted by atomic mass is 10.1. The van der Waals surface area contributed by atoms with Gasteiger partial charge in [0.25, 0.3) is 0 Å². The maximum atomic E-state index is 10.4. The Hall–Kier alpha value is -3.19. The van der Waals surface area contributed by atoms with E-state index in [0.717, 1.165) is 22.7 Å². The topological polar surface area (TPSA) is 82.3 Å². The first-order chi connectivity index (χ1) is 13.2. The van der Waals surface area contributed by atoms with Gasteiger partial charge in [0.2, 0.25) is 0 Å². The first kappa shape index (κ1) is 17.2. The van der Waals surface area contributed by atoms with Gasteiger partial charge in [0.15, 0.2) is 0 Å². The van der Waals surface area contributed by atoms with Crippen LogP contribution in [0.15, 0.2) is 59.8 Å². The van der Waals surface area contributed by atoms with E-state index >= 15 is 0 Å². The van der Waals surface area contributed by atoms with Gasteiger partial charge in [0.1, 0.15) is 22.4 Å². The van der Waals surface area contributed by atoms with Gasteiger partial charge in [-0.2, -0.15) is 0 Å². The number of pyridine rings is 1. The first-order valence-corrected chi connectivity index (χ1v) is 9.30. The number of hydrogen-bond donors (Lipinski definition) is 2. The first-order valence-electron chi connectivity index (χ1n) is 8.42. The molecule has 136 valence electrons. The zero-order chi connectivity index (χ0) is 18.8. The van der Waals surface area contributed by atoms with E-state index in [0.29, 0.717) is 23.7 Å². The summed E-state index contributed by atoms with van der Waals surface area (Å²) in [6.45, 7) is 0.764. The van der Waals surface area contributed by atoms with Crippen LogP contribution in [0.4, 0.5) is 0 Å². The van der Waals surface area contributed by atoms with Crippen LogP contribution in [-0.4, -0.2) is 39.5 Å². The number of aliphatic hydroxyl groups excluding tert-OH is 1. The summed E-state index contributed by atoms with van der Waals surface area (Å²) in [6.07, 6.45) is 1.73. The number of methoxy groups -OCH3 is 1. The molecule has 0 saturated carbocycles. The average molecular weight is 378 g/mol. The Bertz CT molecular complexity index is 1010. The highest BCUT2D eigenvalue weighted by Gasteiger charge is 2.30. The molecule has 3 heterocycles. The van der Waals surface area contributed by atoms with Crippen LogP contribution >= 0.6 is 11.3 Å². The molecule has 6 nitrogen and oxygen atoms in total. The van der Waals surface area contributed by atoms with Crippen LogP contribution in [0.1, 0.15) is 10.7 Å². The minimum absolute atomic E-state index is 0.169. The molecule has 3 aromatic rings. The van der Waals surface area contributed by atoms with E-state index in [9.17, 15) is 5.11 Å². The number of ether oxygens (including phenoxy) is 1. The molecule has 1 aliphatic heterocycles. The van der Waals surface area contributed by atoms with Crippen LogP contribution in [0.2, 0.25) is 0 Å². The predicted molar refractivity (Wildman–Crippen MR) is 106 cm³/mol. The highest BCUT2D eigenvalue weighted by atomic mass is 32.1. The quantitative estimate of drug-likeness (QED) is 0.702. The molecule has 0 spiro atoms. The second-order valence-electron chi connectivity index (χ2n) is 6.12. The summed E-state index contributed by atoms with van der Waals surface area (Å²) in [7, 11) is 1.63. The van der Waals surface area contributed by atoms with Gasteiger partial charge in [-0.3, -0.25) is 10.4 Å². The molecule has 4 rings (SSSR count). The SMILES string of the molecule is COc1cccc(-c2csc(C3=C(O)CN(Cc4ccccn4)C3=N)n2)c1. The number of thiazole rings is 1. The summed E-state index contributed by atoms with van der Waals surface area (Å²) in [4.78, 5) is 10.7. The fourth-order valence-corrected chi connectivity index (χ4v) is 3.88. The predicted octanol–water partition coefficient (Wildman–Crippen LogP) is 3.98. The number of nitrogens with zero attached hydrogens (tertiary/aromatic N) is 3. The molecule has 0 aliphatic carbocycles. The fourth-order valence-electron chi connectivity index (χ4n) is 2.98. The number of nitrogens with one attached hydrogen (secondary N) is 1. The molecule has 0 fully saturated rings. The van der Waals surface area contributed by atoms with Gasteiger partial charge in [-0.25, -0.2) is 4.98 Å². The lowest BCUT2D eigenvalue weighted by Gasteiger charge is -2.17. The van der Waals surface area contributed by atoms with Crippen LogP contribution in [-0.2, 0) is 6.54 Å². The third-order valence-corrected chi connectivity index (χ3v) is 5.20. The van der Waals surface area contributed by atoms with Crippen LogP contribution in [0.5, 0.6) is 5.75 Å². The maximum absolute atomic E-state index is 10.4. The fraction of sp³-hybridized carbons (Fsp3) is 0.150. The molecule has 0 radical (unpaired) electrons. The normalized spacial score (nSPS) is 14.1. The lowest BCUT2D eigenvalue weighted by molar-refractivity contribution is 0.345. The molecule has 0 atom stereocenters. The van der Waals surface area contributed by atoms with Crippen molar-refractivity contribution < 1.29 is 9.84 Å². The van der Waals surface area contributed by atoms with E-state index in [4.69, 9.17) is 10.1 Å². The van der Waals surface area contributed by atoms with Crippen molar-refractivity contribution in [3.8, 4) is 17.0 Å². The van der Waals surface area contributed by atoms with Crippen molar-refractivity contribution in [1.82, 2.24) is 14.9 Å². The van der Waals surface area contributed by atoms with Gasteiger partial charge in [-0.1, -0.05) is 18.2 Å². The largest absolute Gasteiger partial charge is 0.510 e. The number of aliphatic hydroxyl groups is 1. The Morgan fingerprint density at radius 2 is 2.15 bits per heavy atom. The summed E-state index contributed by atoms with van der Waals surface area (Å²) < 4.78 is 5.27. The van der Waals surface area contributed by atoms with Crippen molar-refractivity contribution in [1.29, 1.82) is 5.41 Å². The van der Waals surface area contributed by atoms with E-state index in [1.54, 1.807) is 18.2 Å². The molecule has 0 saturated heterocycles. The summed E-state index contributed by atoms with van der Waals surface area (Å²) in [6, 6.07) is 13.4. The summed E-state index contributed by atoms with van der Waals surface area (Å²) in [5.41, 5.74) is 3.08. The highest BCUT2D eigenvalue weighted by Crippen LogP contribution is 2.33. The van der Waals surface area contributed by atoms with Crippen LogP contribution < -0.4 is 4.74 Å². The van der Waals surface area contributed by atoms with Crippen LogP contribution in [0.3, 0.4) is 0 Å². The minimum atomic E-state index is 0.169. The number of amidine groups is 1. The molecule has 2 aromatic heterocycles. The van der Waals surface area contributed by atoms with E-state index < -0.39 is 0 Å². The van der Waals surface area contributed by atoms with E-state index in [-0.39, 0.29) is 11.6 Å². The molecule has 0 bridgehead atoms. The molecule has 0 amide bonds. The van der Waals surface area contributed by atoms with E-state index in [1.165, 1.54) is 11.3 Å². The smallest absolute Gasteiger partial charge is 0.135 e. The number of hydrogen-bond acceptors (Lipinski definition) is 6. The Morgan fingerprint density at radius 1 is 1.26 bits per heavy atom. The Labute approximate surface area is 160 Å². The van der Waals surface area contributed by atoms with Crippen LogP contribution in [0, 0.1) is 5.41 Å². The van der Waals surface area contributed by atoms with Crippen molar-refractivity contribution in [2.24, 2.45) is 0 Å². The third-order valence-electron chi connectivity index (χ3n) is 4.34. The molecule has 27 heavy (non-hydrogen) atoms. The zero-order valence-corrected chi connectivity index (χ0v) is 15.5. The molecule has 2 N–H and O–H groups in total. The van der Waals surface area contributed by atoms with Crippen molar-refractivity contribution in [2.45, 2.75) is 6.54 Å². The minimum Gasteiger partial charge on any atom is -0.510 e. The van der Waals surface area contributed by atoms with Crippen molar-refractivity contribution >= 4 is 22.7 Å². The monoisotopic (exact) mass is 378 g/mol. The molecule has 1 aliphatic rings. The van der Waals surface area contributed by atoms with Gasteiger partial charge >= 0.3 is 0 Å². The van der Waals surface area contributed by atoms with Gasteiger partial charge in [-0.05, 0) is 24.3 Å². The van der Waals surface area contributed by atoms with Gasteiger partial charge < -0.3 is 14.7 Å². The maximum Gasteiger partial charge on any atom is 0.135 e. The number of benzene rings is 1. The van der Waals surface area contributed by atoms with E-state index in [2.05, 4.69) is 9.97 Å². The number of rotatable bonds is 5. The number of aromatic nitrogens is 2. The molecular weight excluding hydrogens is 360 g/mol. The van der Waals surface area contributed by atoms with Crippen molar-refractivity contribution in [3.63, 3.8) is 0 Å². The second-order valence-corrected chi connectivity index (χ2v) is 6.98. The molecule has 7 heteroatoms. The molecule has 1 aromatic carbocycles. The van der Waals surface area contributed by atoms with Crippen molar-refractivity contribution in [3.05, 3.63) is 70.5 Å². The standard InChI is InChI=1S/C20H18N4O2S/c1-26-15-7-4-5-13(9-15)16-12-27-20(23-16)18-17(25)11-24(19(18)21)10-14-6-2-3-8-22-14/h2-9,12,21,25H,10-11H2,1H3. The lowest BCUT2D eigenvalue weighted by Crippen LogP contribution is -2.26. The second kappa shape index (κ2) is 7.20. The molecule has 0 unspecified atom stereocenters. The molecular formula is C20H18N4O2S. The van der Waals surface area contributed by atoms with Gasteiger partial charge in [-0.15, -0.1) is 11.3 Å². The Morgan fingerprint density at radius 3 is 2.93 bits per heavy atom. The summed E-state index contributed by atoms with van der Waals surface area (Å²) in [5, 5.41) is 21.5. The average Bonchev–Trinajstić information content (AvgIpc) is 3.27. The van der Waals surface area contributed by atoms with Gasteiger partial charge in [0.05, 0.1) is 37.2 Å². The summed E-state index contributed by atoms with van der Waals surface area (Å²) >= 11 is 1.42. The highest BCUT2D eigenvalue weighted by molar-refractivity contribution is 7.11. The Kier molecular flexibility index (Phi) is 4.60. The van der Waals surface area contributed by atoms with Crippen molar-refractivity contribution in [2.75, 3.05) is 13.7 Å².